The Hall–Kier alpha value is -1.35. The molecule has 1 heterocycles. The Morgan fingerprint density at radius 3 is 2.82 bits per heavy atom. The van der Waals surface area contributed by atoms with Gasteiger partial charge in [-0.25, -0.2) is 0 Å². The minimum atomic E-state index is 0.234. The third kappa shape index (κ3) is 2.50. The van der Waals surface area contributed by atoms with Crippen molar-refractivity contribution in [1.29, 1.82) is 0 Å². The van der Waals surface area contributed by atoms with Gasteiger partial charge in [0.2, 0.25) is 0 Å². The molecule has 0 bridgehead atoms. The maximum atomic E-state index is 5.88. The number of nitrogens with two attached hydrogens (primary N) is 1. The summed E-state index contributed by atoms with van der Waals surface area (Å²) in [4.78, 5) is 4.51. The normalized spacial score (nSPS) is 19.3. The maximum Gasteiger partial charge on any atom is 0.128 e. The van der Waals surface area contributed by atoms with Crippen molar-refractivity contribution >= 4 is 0 Å². The van der Waals surface area contributed by atoms with E-state index in [0.717, 1.165) is 41.8 Å². The number of nitrogens with zero attached hydrogens (tertiary/aromatic N) is 1. The van der Waals surface area contributed by atoms with Gasteiger partial charge in [-0.05, 0) is 26.7 Å². The van der Waals surface area contributed by atoms with Crippen molar-refractivity contribution in [2.45, 2.75) is 39.2 Å². The van der Waals surface area contributed by atoms with E-state index in [0.29, 0.717) is 0 Å². The van der Waals surface area contributed by atoms with Crippen LogP contribution in [0.1, 0.15) is 29.7 Å². The summed E-state index contributed by atoms with van der Waals surface area (Å²) in [5.41, 5.74) is 10.6. The Labute approximate surface area is 103 Å². The third-order valence-electron chi connectivity index (χ3n) is 3.39. The van der Waals surface area contributed by atoms with Crippen LogP contribution in [-0.4, -0.2) is 18.1 Å². The molecule has 0 spiro atoms. The van der Waals surface area contributed by atoms with Crippen LogP contribution >= 0.6 is 0 Å². The summed E-state index contributed by atoms with van der Waals surface area (Å²) in [5, 5.41) is 0. The summed E-state index contributed by atoms with van der Waals surface area (Å²) in [6, 6.07) is 0.234. The molecule has 0 saturated heterocycles. The van der Waals surface area contributed by atoms with Crippen molar-refractivity contribution in [3.63, 3.8) is 0 Å². The minimum absolute atomic E-state index is 0.234. The third-order valence-corrected chi connectivity index (χ3v) is 3.39. The van der Waals surface area contributed by atoms with Crippen LogP contribution in [0.25, 0.3) is 0 Å². The molecule has 1 aromatic heterocycles. The van der Waals surface area contributed by atoms with E-state index in [4.69, 9.17) is 10.5 Å². The monoisotopic (exact) mass is 232 g/mol. The Balaban J connectivity index is 2.25. The van der Waals surface area contributed by atoms with E-state index in [9.17, 15) is 0 Å². The lowest BCUT2D eigenvalue weighted by Gasteiger charge is -2.12. The standard InChI is InChI=1S/C14H20N2O/c1-9-8-16-13(10(2)14(9)17-3)7-11-4-5-12(15)6-11/h6,8,12H,4-5,7,15H2,1-3H3. The van der Waals surface area contributed by atoms with E-state index >= 15 is 0 Å². The Morgan fingerprint density at radius 1 is 1.47 bits per heavy atom. The lowest BCUT2D eigenvalue weighted by atomic mass is 10.0. The molecular weight excluding hydrogens is 212 g/mol. The van der Waals surface area contributed by atoms with E-state index in [1.54, 1.807) is 7.11 Å². The zero-order valence-electron chi connectivity index (χ0n) is 10.8. The van der Waals surface area contributed by atoms with Crippen LogP contribution in [0.2, 0.25) is 0 Å². The average molecular weight is 232 g/mol. The van der Waals surface area contributed by atoms with Gasteiger partial charge in [-0.3, -0.25) is 4.98 Å². The molecule has 1 aromatic rings. The molecule has 3 nitrogen and oxygen atoms in total. The van der Waals surface area contributed by atoms with Crippen LogP contribution in [0.4, 0.5) is 0 Å². The first-order valence-electron chi connectivity index (χ1n) is 6.06. The van der Waals surface area contributed by atoms with Crippen molar-refractivity contribution in [1.82, 2.24) is 4.98 Å². The molecule has 0 aliphatic heterocycles. The molecule has 1 aliphatic carbocycles. The van der Waals surface area contributed by atoms with Crippen LogP contribution in [-0.2, 0) is 6.42 Å². The smallest absolute Gasteiger partial charge is 0.128 e. The predicted octanol–water partition coefficient (Wildman–Crippen LogP) is 2.30. The van der Waals surface area contributed by atoms with Crippen LogP contribution in [0, 0.1) is 13.8 Å². The number of aromatic nitrogens is 1. The van der Waals surface area contributed by atoms with Gasteiger partial charge in [-0.15, -0.1) is 0 Å². The van der Waals surface area contributed by atoms with Crippen molar-refractivity contribution in [2.75, 3.05) is 7.11 Å². The van der Waals surface area contributed by atoms with Gasteiger partial charge in [0.05, 0.1) is 12.8 Å². The van der Waals surface area contributed by atoms with Gasteiger partial charge in [-0.2, -0.15) is 0 Å². The number of pyridine rings is 1. The van der Waals surface area contributed by atoms with Gasteiger partial charge in [0.1, 0.15) is 5.75 Å². The Kier molecular flexibility index (Phi) is 3.48. The lowest BCUT2D eigenvalue weighted by Crippen LogP contribution is -2.11. The Bertz CT molecular complexity index is 452. The summed E-state index contributed by atoms with van der Waals surface area (Å²) in [7, 11) is 1.71. The molecule has 3 heteroatoms. The summed E-state index contributed by atoms with van der Waals surface area (Å²) >= 11 is 0. The lowest BCUT2D eigenvalue weighted by molar-refractivity contribution is 0.407. The quantitative estimate of drug-likeness (QED) is 0.813. The first kappa shape index (κ1) is 12.1. The first-order chi connectivity index (χ1) is 8.11. The highest BCUT2D eigenvalue weighted by molar-refractivity contribution is 5.42. The largest absolute Gasteiger partial charge is 0.496 e. The van der Waals surface area contributed by atoms with Gasteiger partial charge in [0.15, 0.2) is 0 Å². The first-order valence-corrected chi connectivity index (χ1v) is 6.06. The highest BCUT2D eigenvalue weighted by Gasteiger charge is 2.15. The second-order valence-electron chi connectivity index (χ2n) is 4.75. The summed E-state index contributed by atoms with van der Waals surface area (Å²) < 4.78 is 5.42. The molecule has 1 atom stereocenters. The van der Waals surface area contributed by atoms with E-state index in [1.807, 2.05) is 13.1 Å². The molecule has 0 radical (unpaired) electrons. The highest BCUT2D eigenvalue weighted by Crippen LogP contribution is 2.27. The average Bonchev–Trinajstić information content (AvgIpc) is 2.69. The summed E-state index contributed by atoms with van der Waals surface area (Å²) in [5.74, 6) is 0.956. The second-order valence-corrected chi connectivity index (χ2v) is 4.75. The van der Waals surface area contributed by atoms with Crippen molar-refractivity contribution in [3.8, 4) is 5.75 Å². The number of aryl methyl sites for hydroxylation is 1. The topological polar surface area (TPSA) is 48.1 Å². The zero-order valence-corrected chi connectivity index (χ0v) is 10.8. The van der Waals surface area contributed by atoms with Gasteiger partial charge in [0.25, 0.3) is 0 Å². The van der Waals surface area contributed by atoms with Gasteiger partial charge < -0.3 is 10.5 Å². The molecule has 0 fully saturated rings. The van der Waals surface area contributed by atoms with Crippen LogP contribution in [0.15, 0.2) is 17.8 Å². The van der Waals surface area contributed by atoms with Crippen molar-refractivity contribution < 1.29 is 4.74 Å². The second kappa shape index (κ2) is 4.88. The predicted molar refractivity (Wildman–Crippen MR) is 69.3 cm³/mol. The SMILES string of the molecule is COc1c(C)cnc(CC2=CC(N)CC2)c1C. The van der Waals surface area contributed by atoms with E-state index in [-0.39, 0.29) is 6.04 Å². The molecule has 0 aromatic carbocycles. The molecule has 1 aliphatic rings. The number of hydrogen-bond donors (Lipinski definition) is 1. The summed E-state index contributed by atoms with van der Waals surface area (Å²) in [6.07, 6.45) is 7.12. The van der Waals surface area contributed by atoms with Crippen LogP contribution in [0.5, 0.6) is 5.75 Å². The van der Waals surface area contributed by atoms with E-state index < -0.39 is 0 Å². The van der Waals surface area contributed by atoms with Crippen molar-refractivity contribution in [3.05, 3.63) is 34.7 Å². The van der Waals surface area contributed by atoms with Gasteiger partial charge in [0, 0.05) is 29.8 Å². The van der Waals surface area contributed by atoms with Crippen molar-refractivity contribution in [2.24, 2.45) is 5.73 Å². The number of ether oxygens (including phenoxy) is 1. The fourth-order valence-electron chi connectivity index (χ4n) is 2.43. The molecule has 0 saturated carbocycles. The molecule has 92 valence electrons. The summed E-state index contributed by atoms with van der Waals surface area (Å²) in [6.45, 7) is 4.09. The van der Waals surface area contributed by atoms with Gasteiger partial charge in [-0.1, -0.05) is 11.6 Å². The number of allylic oxidation sites excluding steroid dienone is 1. The molecule has 0 amide bonds. The number of hydrogen-bond acceptors (Lipinski definition) is 3. The fraction of sp³-hybridized carbons (Fsp3) is 0.500. The van der Waals surface area contributed by atoms with Gasteiger partial charge >= 0.3 is 0 Å². The molecule has 17 heavy (non-hydrogen) atoms. The fourth-order valence-corrected chi connectivity index (χ4v) is 2.43. The number of methoxy groups -OCH3 is 1. The molecule has 1 unspecified atom stereocenters. The van der Waals surface area contributed by atoms with Crippen LogP contribution in [0.3, 0.4) is 0 Å². The number of rotatable bonds is 3. The minimum Gasteiger partial charge on any atom is -0.496 e. The maximum absolute atomic E-state index is 5.88. The Morgan fingerprint density at radius 2 is 2.24 bits per heavy atom. The van der Waals surface area contributed by atoms with E-state index in [1.165, 1.54) is 5.57 Å². The van der Waals surface area contributed by atoms with E-state index in [2.05, 4.69) is 18.0 Å². The molecule has 2 rings (SSSR count). The highest BCUT2D eigenvalue weighted by atomic mass is 16.5. The molecular formula is C14H20N2O. The van der Waals surface area contributed by atoms with Crippen LogP contribution < -0.4 is 10.5 Å². The zero-order chi connectivity index (χ0) is 12.4. The molecule has 2 N–H and O–H groups in total.